The smallest absolute Gasteiger partial charge is 0.0702 e. The van der Waals surface area contributed by atoms with E-state index in [1.54, 1.807) is 0 Å². The number of rotatable bonds is 7. The first-order valence-electron chi connectivity index (χ1n) is 6.80. The molecule has 1 N–H and O–H groups in total. The van der Waals surface area contributed by atoms with Gasteiger partial charge in [-0.1, -0.05) is 44.0 Å². The van der Waals surface area contributed by atoms with Crippen molar-refractivity contribution in [3.05, 3.63) is 28.8 Å². The first-order valence-corrected chi connectivity index (χ1v) is 7.18. The van der Waals surface area contributed by atoms with Gasteiger partial charge in [-0.05, 0) is 25.8 Å². The molecule has 0 aliphatic rings. The Morgan fingerprint density at radius 3 is 2.61 bits per heavy atom. The first-order chi connectivity index (χ1) is 8.65. The number of para-hydroxylation sites is 1. The third-order valence-corrected chi connectivity index (χ3v) is 3.71. The highest BCUT2D eigenvalue weighted by Crippen LogP contribution is 2.32. The molecule has 1 aromatic carbocycles. The number of aliphatic hydroxyl groups is 1. The van der Waals surface area contributed by atoms with E-state index >= 15 is 0 Å². The van der Waals surface area contributed by atoms with Crippen molar-refractivity contribution in [1.82, 2.24) is 0 Å². The van der Waals surface area contributed by atoms with Gasteiger partial charge in [-0.15, -0.1) is 0 Å². The van der Waals surface area contributed by atoms with Crippen LogP contribution in [0.3, 0.4) is 0 Å². The molecule has 0 aromatic heterocycles. The fraction of sp³-hybridized carbons (Fsp3) is 0.600. The van der Waals surface area contributed by atoms with Crippen LogP contribution in [0.15, 0.2) is 18.2 Å². The number of anilines is 1. The van der Waals surface area contributed by atoms with Crippen LogP contribution in [0.2, 0.25) is 5.02 Å². The Labute approximate surface area is 116 Å². The van der Waals surface area contributed by atoms with Crippen LogP contribution in [0, 0.1) is 0 Å². The maximum absolute atomic E-state index is 9.49. The molecule has 0 aliphatic carbocycles. The van der Waals surface area contributed by atoms with Crippen molar-refractivity contribution < 1.29 is 5.11 Å². The monoisotopic (exact) mass is 269 g/mol. The molecule has 0 saturated heterocycles. The number of benzene rings is 1. The second kappa shape index (κ2) is 7.65. The molecule has 3 heteroatoms. The summed E-state index contributed by atoms with van der Waals surface area (Å²) in [6.45, 7) is 7.60. The molecule has 0 amide bonds. The van der Waals surface area contributed by atoms with Gasteiger partial charge in [-0.2, -0.15) is 0 Å². The van der Waals surface area contributed by atoms with Crippen molar-refractivity contribution in [2.24, 2.45) is 0 Å². The number of hydrogen-bond donors (Lipinski definition) is 1. The number of halogens is 1. The van der Waals surface area contributed by atoms with Crippen LogP contribution in [0.5, 0.6) is 0 Å². The fourth-order valence-corrected chi connectivity index (χ4v) is 2.41. The molecule has 0 radical (unpaired) electrons. The average molecular weight is 270 g/mol. The topological polar surface area (TPSA) is 23.5 Å². The van der Waals surface area contributed by atoms with Crippen LogP contribution in [-0.4, -0.2) is 17.7 Å². The van der Waals surface area contributed by atoms with E-state index in [-0.39, 0.29) is 6.61 Å². The molecule has 0 heterocycles. The van der Waals surface area contributed by atoms with Gasteiger partial charge in [-0.25, -0.2) is 0 Å². The van der Waals surface area contributed by atoms with Gasteiger partial charge < -0.3 is 10.0 Å². The molecule has 1 atom stereocenters. The Hall–Kier alpha value is -0.730. The summed E-state index contributed by atoms with van der Waals surface area (Å²) in [6.07, 6.45) is 3.37. The van der Waals surface area contributed by atoms with Gasteiger partial charge in [0.2, 0.25) is 0 Å². The minimum absolute atomic E-state index is 0.0367. The van der Waals surface area contributed by atoms with Crippen molar-refractivity contribution in [3.63, 3.8) is 0 Å². The summed E-state index contributed by atoms with van der Waals surface area (Å²) >= 11 is 6.33. The summed E-state index contributed by atoms with van der Waals surface area (Å²) in [5.74, 6) is 0. The number of unbranched alkanes of at least 4 members (excludes halogenated alkanes) is 1. The molecule has 0 fully saturated rings. The minimum atomic E-state index is 0.0367. The lowest BCUT2D eigenvalue weighted by Crippen LogP contribution is -2.34. The molecule has 2 nitrogen and oxygen atoms in total. The summed E-state index contributed by atoms with van der Waals surface area (Å²) in [6, 6.07) is 6.17. The van der Waals surface area contributed by atoms with Crippen molar-refractivity contribution in [1.29, 1.82) is 0 Å². The van der Waals surface area contributed by atoms with Gasteiger partial charge in [0.1, 0.15) is 0 Å². The van der Waals surface area contributed by atoms with E-state index in [1.807, 2.05) is 18.2 Å². The van der Waals surface area contributed by atoms with Gasteiger partial charge in [-0.3, -0.25) is 0 Å². The summed E-state index contributed by atoms with van der Waals surface area (Å²) in [7, 11) is 0. The summed E-state index contributed by atoms with van der Waals surface area (Å²) in [4.78, 5) is 2.33. The van der Waals surface area contributed by atoms with Gasteiger partial charge in [0.15, 0.2) is 0 Å². The standard InChI is InChI=1S/C15H24ClNO/c1-4-6-10-17(12(3)5-2)15-13(11-18)8-7-9-14(15)16/h7-9,12,18H,4-6,10-11H2,1-3H3. The molecule has 1 aromatic rings. The Morgan fingerprint density at radius 1 is 1.33 bits per heavy atom. The molecule has 18 heavy (non-hydrogen) atoms. The zero-order valence-corrected chi connectivity index (χ0v) is 12.4. The zero-order chi connectivity index (χ0) is 13.5. The van der Waals surface area contributed by atoms with E-state index in [0.717, 1.165) is 42.1 Å². The first kappa shape index (κ1) is 15.3. The zero-order valence-electron chi connectivity index (χ0n) is 11.6. The number of aliphatic hydroxyl groups excluding tert-OH is 1. The van der Waals surface area contributed by atoms with E-state index in [4.69, 9.17) is 11.6 Å². The minimum Gasteiger partial charge on any atom is -0.392 e. The third-order valence-electron chi connectivity index (χ3n) is 3.40. The molecule has 0 bridgehead atoms. The molecule has 102 valence electrons. The van der Waals surface area contributed by atoms with Crippen molar-refractivity contribution >= 4 is 17.3 Å². The van der Waals surface area contributed by atoms with Gasteiger partial charge in [0.05, 0.1) is 17.3 Å². The second-order valence-electron chi connectivity index (χ2n) is 4.71. The number of hydrogen-bond acceptors (Lipinski definition) is 2. The van der Waals surface area contributed by atoms with Crippen LogP contribution in [0.4, 0.5) is 5.69 Å². The Morgan fingerprint density at radius 2 is 2.06 bits per heavy atom. The van der Waals surface area contributed by atoms with E-state index < -0.39 is 0 Å². The average Bonchev–Trinajstić information content (AvgIpc) is 2.39. The molecule has 1 rings (SSSR count). The lowest BCUT2D eigenvalue weighted by atomic mass is 10.1. The molecule has 1 unspecified atom stereocenters. The van der Waals surface area contributed by atoms with Crippen LogP contribution >= 0.6 is 11.6 Å². The second-order valence-corrected chi connectivity index (χ2v) is 5.12. The molecular weight excluding hydrogens is 246 g/mol. The third kappa shape index (κ3) is 3.63. The molecule has 0 spiro atoms. The van der Waals surface area contributed by atoms with E-state index in [2.05, 4.69) is 25.7 Å². The maximum atomic E-state index is 9.49. The maximum Gasteiger partial charge on any atom is 0.0702 e. The highest BCUT2D eigenvalue weighted by atomic mass is 35.5. The quantitative estimate of drug-likeness (QED) is 0.800. The Balaban J connectivity index is 3.10. The molecule has 0 saturated carbocycles. The van der Waals surface area contributed by atoms with Crippen LogP contribution in [-0.2, 0) is 6.61 Å². The highest BCUT2D eigenvalue weighted by molar-refractivity contribution is 6.33. The number of nitrogens with zero attached hydrogens (tertiary/aromatic N) is 1. The van der Waals surface area contributed by atoms with Crippen molar-refractivity contribution in [2.75, 3.05) is 11.4 Å². The summed E-state index contributed by atoms with van der Waals surface area (Å²) < 4.78 is 0. The van der Waals surface area contributed by atoms with Crippen molar-refractivity contribution in [2.45, 2.75) is 52.7 Å². The SMILES string of the molecule is CCCCN(c1c(Cl)cccc1CO)C(C)CC. The van der Waals surface area contributed by atoms with Crippen LogP contribution in [0.1, 0.15) is 45.6 Å². The lowest BCUT2D eigenvalue weighted by molar-refractivity contribution is 0.282. The largest absolute Gasteiger partial charge is 0.392 e. The van der Waals surface area contributed by atoms with Gasteiger partial charge in [0, 0.05) is 18.2 Å². The molecular formula is C15H24ClNO. The van der Waals surface area contributed by atoms with Crippen LogP contribution in [0.25, 0.3) is 0 Å². The van der Waals surface area contributed by atoms with E-state index in [9.17, 15) is 5.11 Å². The van der Waals surface area contributed by atoms with E-state index in [0.29, 0.717) is 6.04 Å². The normalized spacial score (nSPS) is 12.5. The fourth-order valence-electron chi connectivity index (χ4n) is 2.11. The van der Waals surface area contributed by atoms with E-state index in [1.165, 1.54) is 0 Å². The van der Waals surface area contributed by atoms with Crippen LogP contribution < -0.4 is 4.90 Å². The summed E-state index contributed by atoms with van der Waals surface area (Å²) in [5, 5.41) is 10.2. The lowest BCUT2D eigenvalue weighted by Gasteiger charge is -2.33. The predicted molar refractivity (Wildman–Crippen MR) is 79.4 cm³/mol. The summed E-state index contributed by atoms with van der Waals surface area (Å²) in [5.41, 5.74) is 1.92. The van der Waals surface area contributed by atoms with Crippen molar-refractivity contribution in [3.8, 4) is 0 Å². The van der Waals surface area contributed by atoms with Gasteiger partial charge in [0.25, 0.3) is 0 Å². The Kier molecular flexibility index (Phi) is 6.51. The Bertz CT molecular complexity index is 368. The molecule has 0 aliphatic heterocycles. The highest BCUT2D eigenvalue weighted by Gasteiger charge is 2.18. The predicted octanol–water partition coefficient (Wildman–Crippen LogP) is 4.24. The van der Waals surface area contributed by atoms with Gasteiger partial charge >= 0.3 is 0 Å².